The molecule has 0 aliphatic carbocycles. The third-order valence-electron chi connectivity index (χ3n) is 8.43. The van der Waals surface area contributed by atoms with E-state index in [1.165, 1.54) is 10.8 Å². The van der Waals surface area contributed by atoms with Crippen molar-refractivity contribution in [3.05, 3.63) is 152 Å². The Labute approximate surface area is 253 Å². The molecular weight excluding hydrogens is 538 g/mol. The zero-order valence-corrected chi connectivity index (χ0v) is 23.7. The van der Waals surface area contributed by atoms with Gasteiger partial charge in [0.05, 0.1) is 16.7 Å². The molecule has 0 saturated carbocycles. The van der Waals surface area contributed by atoms with Crippen LogP contribution in [0.4, 0.5) is 0 Å². The molecule has 206 valence electrons. The second-order valence-corrected chi connectivity index (χ2v) is 11.0. The molecule has 6 aromatic carbocycles. The van der Waals surface area contributed by atoms with E-state index >= 15 is 0 Å². The Kier molecular flexibility index (Phi) is 5.47. The zero-order valence-electron chi connectivity index (χ0n) is 23.7. The van der Waals surface area contributed by atoms with Crippen LogP contribution in [0.25, 0.3) is 83.3 Å². The van der Waals surface area contributed by atoms with E-state index in [0.29, 0.717) is 5.82 Å². The molecule has 0 aliphatic rings. The van der Waals surface area contributed by atoms with Gasteiger partial charge in [0, 0.05) is 38.7 Å². The number of para-hydroxylation sites is 3. The highest BCUT2D eigenvalue weighted by Gasteiger charge is 2.19. The summed E-state index contributed by atoms with van der Waals surface area (Å²) in [5.74, 6) is 1.49. The Morgan fingerprint density at radius 1 is 0.455 bits per heavy atom. The first-order chi connectivity index (χ1) is 21.8. The maximum absolute atomic E-state index is 6.26. The van der Waals surface area contributed by atoms with Crippen LogP contribution in [-0.2, 0) is 0 Å². The highest BCUT2D eigenvalue weighted by atomic mass is 16.3. The summed E-state index contributed by atoms with van der Waals surface area (Å²) in [5.41, 5.74) is 9.01. The number of hydrogen-bond donors (Lipinski definition) is 0. The normalized spacial score (nSPS) is 11.6. The van der Waals surface area contributed by atoms with E-state index < -0.39 is 0 Å². The molecule has 0 bridgehead atoms. The highest BCUT2D eigenvalue weighted by molar-refractivity contribution is 6.12. The quantitative estimate of drug-likeness (QED) is 0.214. The van der Waals surface area contributed by atoms with E-state index in [0.717, 1.165) is 66.7 Å². The van der Waals surface area contributed by atoms with E-state index in [-0.39, 0.29) is 0 Å². The fourth-order valence-corrected chi connectivity index (χ4v) is 6.44. The SMILES string of the molecule is c1ccc(-c2cccc(-c3nc(-c4cccc5oc6ccccc6c45)cc(-n4c5ccccc5c5ccccc54)n3)c2)cc1. The summed E-state index contributed by atoms with van der Waals surface area (Å²) in [4.78, 5) is 10.5. The second kappa shape index (κ2) is 9.79. The Balaban J connectivity index is 1.35. The fraction of sp³-hybridized carbons (Fsp3) is 0. The van der Waals surface area contributed by atoms with Crippen molar-refractivity contribution in [2.45, 2.75) is 0 Å². The van der Waals surface area contributed by atoms with Crippen LogP contribution in [0.1, 0.15) is 0 Å². The average Bonchev–Trinajstić information content (AvgIpc) is 3.65. The van der Waals surface area contributed by atoms with Gasteiger partial charge in [-0.1, -0.05) is 115 Å². The number of fused-ring (bicyclic) bond motifs is 6. The lowest BCUT2D eigenvalue weighted by molar-refractivity contribution is 0.669. The summed E-state index contributed by atoms with van der Waals surface area (Å²) < 4.78 is 8.52. The molecule has 0 amide bonds. The van der Waals surface area contributed by atoms with Crippen molar-refractivity contribution in [2.24, 2.45) is 0 Å². The molecule has 4 heteroatoms. The fourth-order valence-electron chi connectivity index (χ4n) is 6.44. The van der Waals surface area contributed by atoms with Gasteiger partial charge >= 0.3 is 0 Å². The van der Waals surface area contributed by atoms with Crippen LogP contribution < -0.4 is 0 Å². The molecule has 0 radical (unpaired) electrons. The van der Waals surface area contributed by atoms with Gasteiger partial charge in [-0.3, -0.25) is 4.57 Å². The molecule has 3 aromatic heterocycles. The molecule has 44 heavy (non-hydrogen) atoms. The maximum Gasteiger partial charge on any atom is 0.162 e. The van der Waals surface area contributed by atoms with Crippen molar-refractivity contribution in [1.82, 2.24) is 14.5 Å². The van der Waals surface area contributed by atoms with Crippen LogP contribution in [0.15, 0.2) is 156 Å². The summed E-state index contributed by atoms with van der Waals surface area (Å²) in [6, 6.07) is 52.5. The number of rotatable bonds is 4. The monoisotopic (exact) mass is 563 g/mol. The van der Waals surface area contributed by atoms with Crippen molar-refractivity contribution in [1.29, 1.82) is 0 Å². The predicted octanol–water partition coefficient (Wildman–Crippen LogP) is 10.5. The lowest BCUT2D eigenvalue weighted by Crippen LogP contribution is -2.02. The second-order valence-electron chi connectivity index (χ2n) is 11.0. The molecule has 3 heterocycles. The van der Waals surface area contributed by atoms with Crippen LogP contribution in [0.5, 0.6) is 0 Å². The van der Waals surface area contributed by atoms with Crippen molar-refractivity contribution in [2.75, 3.05) is 0 Å². The molecule has 0 fully saturated rings. The number of furan rings is 1. The van der Waals surface area contributed by atoms with Gasteiger partial charge in [-0.15, -0.1) is 0 Å². The van der Waals surface area contributed by atoms with Gasteiger partial charge in [0.25, 0.3) is 0 Å². The van der Waals surface area contributed by atoms with Gasteiger partial charge in [-0.2, -0.15) is 0 Å². The summed E-state index contributed by atoms with van der Waals surface area (Å²) in [6.45, 7) is 0. The van der Waals surface area contributed by atoms with E-state index in [2.05, 4.69) is 126 Å². The van der Waals surface area contributed by atoms with Gasteiger partial charge in [-0.05, 0) is 41.5 Å². The number of benzene rings is 6. The average molecular weight is 564 g/mol. The van der Waals surface area contributed by atoms with Crippen LogP contribution in [-0.4, -0.2) is 14.5 Å². The van der Waals surface area contributed by atoms with Crippen molar-refractivity contribution in [3.8, 4) is 39.6 Å². The van der Waals surface area contributed by atoms with Crippen LogP contribution in [0, 0.1) is 0 Å². The molecule has 0 spiro atoms. The molecule has 0 N–H and O–H groups in total. The standard InChI is InChI=1S/C40H25N3O/c1-2-12-26(13-3-1)27-14-10-15-28(24-27)40-41-33(31-19-11-23-37-39(31)32-18-6-9-22-36(32)44-37)25-38(42-40)43-34-20-7-4-16-29(34)30-17-5-8-21-35(30)43/h1-25H. The summed E-state index contributed by atoms with van der Waals surface area (Å²) in [5, 5.41) is 4.51. The number of nitrogens with zero attached hydrogens (tertiary/aromatic N) is 3. The van der Waals surface area contributed by atoms with Crippen LogP contribution >= 0.6 is 0 Å². The highest BCUT2D eigenvalue weighted by Crippen LogP contribution is 2.38. The van der Waals surface area contributed by atoms with Crippen molar-refractivity contribution in [3.63, 3.8) is 0 Å². The van der Waals surface area contributed by atoms with Gasteiger partial charge in [0.15, 0.2) is 5.82 Å². The van der Waals surface area contributed by atoms with E-state index in [1.54, 1.807) is 0 Å². The Morgan fingerprint density at radius 2 is 1.07 bits per heavy atom. The third-order valence-corrected chi connectivity index (χ3v) is 8.43. The number of aromatic nitrogens is 3. The van der Waals surface area contributed by atoms with Gasteiger partial charge in [0.2, 0.25) is 0 Å². The lowest BCUT2D eigenvalue weighted by atomic mass is 10.0. The maximum atomic E-state index is 6.26. The van der Waals surface area contributed by atoms with Gasteiger partial charge < -0.3 is 4.42 Å². The van der Waals surface area contributed by atoms with E-state index in [1.807, 2.05) is 30.3 Å². The van der Waals surface area contributed by atoms with E-state index in [9.17, 15) is 0 Å². The van der Waals surface area contributed by atoms with Gasteiger partial charge in [-0.25, -0.2) is 9.97 Å². The molecule has 9 aromatic rings. The zero-order chi connectivity index (χ0) is 29.0. The Morgan fingerprint density at radius 3 is 1.86 bits per heavy atom. The number of hydrogen-bond acceptors (Lipinski definition) is 3. The minimum atomic E-state index is 0.668. The lowest BCUT2D eigenvalue weighted by Gasteiger charge is -2.13. The van der Waals surface area contributed by atoms with Crippen LogP contribution in [0.3, 0.4) is 0 Å². The van der Waals surface area contributed by atoms with Crippen molar-refractivity contribution < 1.29 is 4.42 Å². The summed E-state index contributed by atoms with van der Waals surface area (Å²) >= 11 is 0. The first-order valence-corrected chi connectivity index (χ1v) is 14.8. The molecule has 0 saturated heterocycles. The Hall–Kier alpha value is -6.00. The molecule has 0 atom stereocenters. The largest absolute Gasteiger partial charge is 0.456 e. The molecule has 0 aliphatic heterocycles. The van der Waals surface area contributed by atoms with E-state index in [4.69, 9.17) is 14.4 Å². The molecule has 9 rings (SSSR count). The minimum Gasteiger partial charge on any atom is -0.456 e. The molecular formula is C40H25N3O. The predicted molar refractivity (Wildman–Crippen MR) is 180 cm³/mol. The molecule has 4 nitrogen and oxygen atoms in total. The van der Waals surface area contributed by atoms with Crippen LogP contribution in [0.2, 0.25) is 0 Å². The summed E-state index contributed by atoms with van der Waals surface area (Å²) in [6.07, 6.45) is 0. The third kappa shape index (κ3) is 3.85. The van der Waals surface area contributed by atoms with Crippen molar-refractivity contribution >= 4 is 43.7 Å². The minimum absolute atomic E-state index is 0.668. The first kappa shape index (κ1) is 24.6. The summed E-state index contributed by atoms with van der Waals surface area (Å²) in [7, 11) is 0. The first-order valence-electron chi connectivity index (χ1n) is 14.8. The van der Waals surface area contributed by atoms with Gasteiger partial charge in [0.1, 0.15) is 17.0 Å². The topological polar surface area (TPSA) is 43.9 Å². The Bertz CT molecular complexity index is 2450. The molecule has 0 unspecified atom stereocenters. The smallest absolute Gasteiger partial charge is 0.162 e.